The SMILES string of the molecule is C=C(Br)CNC(=O)N(CC(=O)O)CC(F)(F)F. The van der Waals surface area contributed by atoms with Crippen LogP contribution in [-0.2, 0) is 4.79 Å². The molecule has 0 aromatic heterocycles. The van der Waals surface area contributed by atoms with E-state index < -0.39 is 31.3 Å². The number of carboxylic acids is 1. The number of halogens is 4. The van der Waals surface area contributed by atoms with Crippen LogP contribution in [0.5, 0.6) is 0 Å². The maximum atomic E-state index is 12.1. The maximum absolute atomic E-state index is 12.1. The summed E-state index contributed by atoms with van der Waals surface area (Å²) >= 11 is 2.90. The summed E-state index contributed by atoms with van der Waals surface area (Å²) in [6, 6.07) is -1.12. The lowest BCUT2D eigenvalue weighted by Crippen LogP contribution is -2.47. The standard InChI is InChI=1S/C8H10BrF3N2O3/c1-5(9)2-13-7(17)14(3-6(15)16)4-8(10,11)12/h1-4H2,(H,13,17)(H,15,16). The Balaban J connectivity index is 4.50. The fraction of sp³-hybridized carbons (Fsp3) is 0.500. The first-order valence-corrected chi connectivity index (χ1v) is 5.05. The second kappa shape index (κ2) is 6.48. The van der Waals surface area contributed by atoms with Crippen LogP contribution >= 0.6 is 15.9 Å². The van der Waals surface area contributed by atoms with Crippen LogP contribution in [0.25, 0.3) is 0 Å². The van der Waals surface area contributed by atoms with Crippen molar-refractivity contribution >= 4 is 27.9 Å². The quantitative estimate of drug-likeness (QED) is 0.808. The molecule has 0 atom stereocenters. The van der Waals surface area contributed by atoms with Crippen LogP contribution < -0.4 is 5.32 Å². The lowest BCUT2D eigenvalue weighted by atomic mass is 10.4. The molecule has 17 heavy (non-hydrogen) atoms. The van der Waals surface area contributed by atoms with Gasteiger partial charge in [-0.1, -0.05) is 22.5 Å². The monoisotopic (exact) mass is 318 g/mol. The molecule has 0 fully saturated rings. The molecule has 0 saturated carbocycles. The molecule has 0 spiro atoms. The summed E-state index contributed by atoms with van der Waals surface area (Å²) in [6.45, 7) is 0.624. The van der Waals surface area contributed by atoms with Crippen LogP contribution in [0.4, 0.5) is 18.0 Å². The van der Waals surface area contributed by atoms with Crippen LogP contribution in [0.2, 0.25) is 0 Å². The molecule has 98 valence electrons. The highest BCUT2D eigenvalue weighted by Crippen LogP contribution is 2.16. The van der Waals surface area contributed by atoms with E-state index in [1.165, 1.54) is 0 Å². The number of urea groups is 1. The highest BCUT2D eigenvalue weighted by Gasteiger charge is 2.33. The van der Waals surface area contributed by atoms with Gasteiger partial charge < -0.3 is 15.3 Å². The van der Waals surface area contributed by atoms with Crippen molar-refractivity contribution in [2.75, 3.05) is 19.6 Å². The Kier molecular flexibility index (Phi) is 6.00. The first-order valence-electron chi connectivity index (χ1n) is 4.26. The molecule has 0 aliphatic carbocycles. The van der Waals surface area contributed by atoms with E-state index in [0.29, 0.717) is 4.48 Å². The van der Waals surface area contributed by atoms with Gasteiger partial charge in [-0.25, -0.2) is 4.79 Å². The Morgan fingerprint density at radius 3 is 2.29 bits per heavy atom. The van der Waals surface area contributed by atoms with E-state index in [0.717, 1.165) is 0 Å². The van der Waals surface area contributed by atoms with Crippen molar-refractivity contribution in [1.29, 1.82) is 0 Å². The van der Waals surface area contributed by atoms with Crippen LogP contribution in [-0.4, -0.2) is 47.8 Å². The molecule has 0 aromatic rings. The van der Waals surface area contributed by atoms with E-state index in [1.807, 2.05) is 0 Å². The van der Waals surface area contributed by atoms with E-state index in [2.05, 4.69) is 27.8 Å². The Hall–Kier alpha value is -1.25. The third kappa shape index (κ3) is 8.55. The van der Waals surface area contributed by atoms with E-state index in [9.17, 15) is 22.8 Å². The molecule has 0 rings (SSSR count). The Bertz CT molecular complexity index is 320. The van der Waals surface area contributed by atoms with Crippen molar-refractivity contribution in [3.8, 4) is 0 Å². The van der Waals surface area contributed by atoms with Gasteiger partial charge in [-0.3, -0.25) is 4.79 Å². The summed E-state index contributed by atoms with van der Waals surface area (Å²) in [6.07, 6.45) is -4.65. The predicted molar refractivity (Wildman–Crippen MR) is 56.7 cm³/mol. The van der Waals surface area contributed by atoms with Gasteiger partial charge in [0.2, 0.25) is 0 Å². The van der Waals surface area contributed by atoms with Gasteiger partial charge in [0.1, 0.15) is 13.1 Å². The summed E-state index contributed by atoms with van der Waals surface area (Å²) in [7, 11) is 0. The summed E-state index contributed by atoms with van der Waals surface area (Å²) in [5.41, 5.74) is 0. The minimum atomic E-state index is -4.65. The van der Waals surface area contributed by atoms with Crippen LogP contribution in [0, 0.1) is 0 Å². The number of carbonyl (C=O) groups excluding carboxylic acids is 1. The van der Waals surface area contributed by atoms with Crippen LogP contribution in [0.15, 0.2) is 11.1 Å². The van der Waals surface area contributed by atoms with Gasteiger partial charge in [-0.15, -0.1) is 0 Å². The molecule has 0 radical (unpaired) electrons. The van der Waals surface area contributed by atoms with Crippen molar-refractivity contribution in [3.63, 3.8) is 0 Å². The van der Waals surface area contributed by atoms with E-state index in [-0.39, 0.29) is 11.4 Å². The highest BCUT2D eigenvalue weighted by molar-refractivity contribution is 9.11. The molecule has 2 N–H and O–H groups in total. The molecule has 0 heterocycles. The molecule has 2 amide bonds. The van der Waals surface area contributed by atoms with Crippen molar-refractivity contribution < 1.29 is 27.9 Å². The number of alkyl halides is 3. The maximum Gasteiger partial charge on any atom is 0.406 e. The Labute approximate surface area is 103 Å². The second-order valence-electron chi connectivity index (χ2n) is 3.04. The Morgan fingerprint density at radius 1 is 1.41 bits per heavy atom. The van der Waals surface area contributed by atoms with Crippen molar-refractivity contribution in [2.45, 2.75) is 6.18 Å². The van der Waals surface area contributed by atoms with E-state index in [4.69, 9.17) is 5.11 Å². The van der Waals surface area contributed by atoms with Gasteiger partial charge >= 0.3 is 18.2 Å². The molecule has 5 nitrogen and oxygen atoms in total. The zero-order valence-corrected chi connectivity index (χ0v) is 10.1. The molecular weight excluding hydrogens is 309 g/mol. The number of carboxylic acid groups (broad SMARTS) is 1. The number of amides is 2. The summed E-state index contributed by atoms with van der Waals surface area (Å²) < 4.78 is 36.6. The second-order valence-corrected chi connectivity index (χ2v) is 4.16. The van der Waals surface area contributed by atoms with Crippen molar-refractivity contribution in [1.82, 2.24) is 10.2 Å². The molecule has 0 aliphatic rings. The number of nitrogens with one attached hydrogen (secondary N) is 1. The first kappa shape index (κ1) is 15.8. The molecule has 0 bridgehead atoms. The number of carbonyl (C=O) groups is 2. The van der Waals surface area contributed by atoms with Gasteiger partial charge in [-0.2, -0.15) is 13.2 Å². The van der Waals surface area contributed by atoms with Gasteiger partial charge in [0.05, 0.1) is 6.54 Å². The molecule has 0 aliphatic heterocycles. The van der Waals surface area contributed by atoms with Gasteiger partial charge in [0.15, 0.2) is 0 Å². The average molecular weight is 319 g/mol. The van der Waals surface area contributed by atoms with Gasteiger partial charge in [-0.05, 0) is 0 Å². The number of nitrogens with zero attached hydrogens (tertiary/aromatic N) is 1. The highest BCUT2D eigenvalue weighted by atomic mass is 79.9. The van der Waals surface area contributed by atoms with Gasteiger partial charge in [0, 0.05) is 4.48 Å². The summed E-state index contributed by atoms with van der Waals surface area (Å²) in [5, 5.41) is 10.5. The Morgan fingerprint density at radius 2 is 1.94 bits per heavy atom. The summed E-state index contributed by atoms with van der Waals surface area (Å²) in [5.74, 6) is -1.53. The minimum absolute atomic E-state index is 0.0905. The molecule has 0 aromatic carbocycles. The number of aliphatic carboxylic acids is 1. The van der Waals surface area contributed by atoms with E-state index in [1.54, 1.807) is 0 Å². The third-order valence-electron chi connectivity index (χ3n) is 1.41. The van der Waals surface area contributed by atoms with Crippen molar-refractivity contribution in [3.05, 3.63) is 11.1 Å². The van der Waals surface area contributed by atoms with Crippen LogP contribution in [0.1, 0.15) is 0 Å². The third-order valence-corrected chi connectivity index (χ3v) is 1.70. The zero-order chi connectivity index (χ0) is 13.6. The van der Waals surface area contributed by atoms with E-state index >= 15 is 0 Å². The predicted octanol–water partition coefficient (Wildman–Crippen LogP) is 1.55. The smallest absolute Gasteiger partial charge is 0.406 e. The zero-order valence-electron chi connectivity index (χ0n) is 8.55. The molecular formula is C8H10BrF3N2O3. The number of rotatable bonds is 5. The lowest BCUT2D eigenvalue weighted by molar-refractivity contribution is -0.148. The lowest BCUT2D eigenvalue weighted by Gasteiger charge is -2.22. The fourth-order valence-corrected chi connectivity index (χ4v) is 1.00. The molecule has 0 saturated heterocycles. The van der Waals surface area contributed by atoms with Crippen LogP contribution in [0.3, 0.4) is 0 Å². The first-order chi connectivity index (χ1) is 7.61. The topological polar surface area (TPSA) is 69.6 Å². The molecule has 0 unspecified atom stereocenters. The van der Waals surface area contributed by atoms with Gasteiger partial charge in [0.25, 0.3) is 0 Å². The largest absolute Gasteiger partial charge is 0.480 e. The minimum Gasteiger partial charge on any atom is -0.480 e. The summed E-state index contributed by atoms with van der Waals surface area (Å²) in [4.78, 5) is 21.7. The average Bonchev–Trinajstić information content (AvgIpc) is 2.09. The number of hydrogen-bond acceptors (Lipinski definition) is 2. The normalized spacial score (nSPS) is 10.8. The van der Waals surface area contributed by atoms with Crippen molar-refractivity contribution in [2.24, 2.45) is 0 Å². The number of hydrogen-bond donors (Lipinski definition) is 2. The fourth-order valence-electron chi connectivity index (χ4n) is 0.863. The molecule has 9 heteroatoms.